The van der Waals surface area contributed by atoms with E-state index in [2.05, 4.69) is 6.08 Å². The quantitative estimate of drug-likeness (QED) is 0.356. The molecule has 1 aliphatic carbocycles. The number of ether oxygens (including phenoxy) is 1. The van der Waals surface area contributed by atoms with Crippen LogP contribution in [0, 0.1) is 11.8 Å². The number of aliphatic carboxylic acids is 1. The van der Waals surface area contributed by atoms with Gasteiger partial charge in [-0.2, -0.15) is 13.2 Å². The van der Waals surface area contributed by atoms with Crippen LogP contribution in [0.1, 0.15) is 50.5 Å². The molecule has 0 heterocycles. The second-order valence-corrected chi connectivity index (χ2v) is 7.64. The third-order valence-corrected chi connectivity index (χ3v) is 5.25. The van der Waals surface area contributed by atoms with E-state index in [0.717, 1.165) is 44.2 Å². The third-order valence-electron chi connectivity index (χ3n) is 5.25. The Hall–Kier alpha value is -2.28. The lowest BCUT2D eigenvalue weighted by Crippen LogP contribution is -2.16. The number of rotatable bonds is 11. The Morgan fingerprint density at radius 1 is 1.27 bits per heavy atom. The molecule has 30 heavy (non-hydrogen) atoms. The minimum atomic E-state index is -4.43. The van der Waals surface area contributed by atoms with Crippen LogP contribution in [0.5, 0.6) is 5.75 Å². The summed E-state index contributed by atoms with van der Waals surface area (Å²) in [5.74, 6) is 0.120. The number of hydrogen-bond donors (Lipinski definition) is 2. The summed E-state index contributed by atoms with van der Waals surface area (Å²) < 4.78 is 43.5. The average molecular weight is 426 g/mol. The Kier molecular flexibility index (Phi) is 9.43. The Morgan fingerprint density at radius 2 is 2.07 bits per heavy atom. The highest BCUT2D eigenvalue weighted by molar-refractivity contribution is 5.66. The van der Waals surface area contributed by atoms with Gasteiger partial charge in [-0.25, -0.2) is 0 Å². The molecule has 7 heteroatoms. The van der Waals surface area contributed by atoms with E-state index in [1.54, 1.807) is 6.08 Å². The van der Waals surface area contributed by atoms with E-state index in [-0.39, 0.29) is 18.8 Å². The molecule has 0 radical (unpaired) electrons. The van der Waals surface area contributed by atoms with Gasteiger partial charge in [-0.1, -0.05) is 36.8 Å². The maximum Gasteiger partial charge on any atom is 0.416 e. The molecule has 0 bridgehead atoms. The van der Waals surface area contributed by atoms with Crippen molar-refractivity contribution in [3.8, 4) is 5.75 Å². The minimum absolute atomic E-state index is 0.0732. The Morgan fingerprint density at radius 3 is 2.80 bits per heavy atom. The molecule has 0 spiro atoms. The predicted molar refractivity (Wildman–Crippen MR) is 108 cm³/mol. The largest absolute Gasteiger partial charge is 0.491 e. The van der Waals surface area contributed by atoms with E-state index in [9.17, 15) is 23.1 Å². The van der Waals surface area contributed by atoms with Crippen molar-refractivity contribution >= 4 is 5.97 Å². The summed E-state index contributed by atoms with van der Waals surface area (Å²) >= 11 is 0. The molecule has 1 saturated carbocycles. The molecule has 0 aliphatic heterocycles. The molecule has 166 valence electrons. The molecule has 1 aromatic carbocycles. The Balaban J connectivity index is 1.76. The van der Waals surface area contributed by atoms with Gasteiger partial charge >= 0.3 is 12.1 Å². The number of carboxylic acids is 1. The number of benzene rings is 1. The van der Waals surface area contributed by atoms with Gasteiger partial charge in [0.1, 0.15) is 18.5 Å². The second kappa shape index (κ2) is 11.8. The van der Waals surface area contributed by atoms with E-state index < -0.39 is 23.8 Å². The highest BCUT2D eigenvalue weighted by Gasteiger charge is 2.30. The van der Waals surface area contributed by atoms with Crippen molar-refractivity contribution in [2.75, 3.05) is 6.61 Å². The number of hydrogen-bond acceptors (Lipinski definition) is 3. The van der Waals surface area contributed by atoms with Gasteiger partial charge in [0, 0.05) is 6.42 Å². The summed E-state index contributed by atoms with van der Waals surface area (Å²) in [7, 11) is 0. The van der Waals surface area contributed by atoms with Crippen LogP contribution in [0.2, 0.25) is 0 Å². The maximum atomic E-state index is 12.7. The van der Waals surface area contributed by atoms with Crippen LogP contribution >= 0.6 is 0 Å². The van der Waals surface area contributed by atoms with Crippen LogP contribution in [0.15, 0.2) is 48.6 Å². The molecule has 0 saturated heterocycles. The summed E-state index contributed by atoms with van der Waals surface area (Å²) in [6.45, 7) is -0.112. The van der Waals surface area contributed by atoms with Crippen LogP contribution < -0.4 is 4.74 Å². The van der Waals surface area contributed by atoms with E-state index in [4.69, 9.17) is 9.84 Å². The number of aliphatic hydroxyl groups excluding tert-OH is 1. The minimum Gasteiger partial charge on any atom is -0.491 e. The van der Waals surface area contributed by atoms with Crippen LogP contribution in [0.4, 0.5) is 13.2 Å². The first kappa shape index (κ1) is 24.0. The Labute approximate surface area is 175 Å². The predicted octanol–water partition coefficient (Wildman–Crippen LogP) is 5.62. The highest BCUT2D eigenvalue weighted by Crippen LogP contribution is 2.35. The van der Waals surface area contributed by atoms with Crippen molar-refractivity contribution in [3.63, 3.8) is 0 Å². The number of carboxylic acid groups (broad SMARTS) is 1. The lowest BCUT2D eigenvalue weighted by molar-refractivity contribution is -0.138. The molecular weight excluding hydrogens is 397 g/mol. The SMILES string of the molecule is O=C(O)CCC/C=C\C[C@H]1CCC[C@@H]1/C=C/[C@H](O)COc1cccc(C(F)(F)F)c1. The number of carbonyl (C=O) groups is 1. The van der Waals surface area contributed by atoms with Crippen molar-refractivity contribution in [1.29, 1.82) is 0 Å². The zero-order valence-corrected chi connectivity index (χ0v) is 16.9. The maximum absolute atomic E-state index is 12.7. The van der Waals surface area contributed by atoms with Crippen molar-refractivity contribution in [3.05, 3.63) is 54.1 Å². The highest BCUT2D eigenvalue weighted by atomic mass is 19.4. The molecule has 2 rings (SSSR count). The monoisotopic (exact) mass is 426 g/mol. The number of alkyl halides is 3. The third kappa shape index (κ3) is 8.61. The molecule has 1 fully saturated rings. The molecule has 1 aromatic rings. The first-order valence-corrected chi connectivity index (χ1v) is 10.3. The van der Waals surface area contributed by atoms with Gasteiger partial charge in [0.25, 0.3) is 0 Å². The van der Waals surface area contributed by atoms with Crippen molar-refractivity contribution in [2.45, 2.75) is 57.2 Å². The number of unbranched alkanes of at least 4 members (excludes halogenated alkanes) is 1. The fraction of sp³-hybridized carbons (Fsp3) is 0.522. The second-order valence-electron chi connectivity index (χ2n) is 7.64. The van der Waals surface area contributed by atoms with Crippen LogP contribution in [0.25, 0.3) is 0 Å². The van der Waals surface area contributed by atoms with Gasteiger partial charge in [-0.15, -0.1) is 0 Å². The van der Waals surface area contributed by atoms with Crippen LogP contribution in [0.3, 0.4) is 0 Å². The molecule has 0 unspecified atom stereocenters. The van der Waals surface area contributed by atoms with E-state index in [0.29, 0.717) is 18.3 Å². The van der Waals surface area contributed by atoms with Gasteiger partial charge in [0.05, 0.1) is 5.56 Å². The summed E-state index contributed by atoms with van der Waals surface area (Å²) in [5, 5.41) is 18.7. The average Bonchev–Trinajstić information content (AvgIpc) is 3.14. The van der Waals surface area contributed by atoms with Crippen LogP contribution in [-0.2, 0) is 11.0 Å². The van der Waals surface area contributed by atoms with Gasteiger partial charge in [0.15, 0.2) is 0 Å². The summed E-state index contributed by atoms with van der Waals surface area (Å²) in [5.41, 5.74) is -0.783. The Bertz CT molecular complexity index is 727. The van der Waals surface area contributed by atoms with Gasteiger partial charge in [0.2, 0.25) is 0 Å². The summed E-state index contributed by atoms with van der Waals surface area (Å²) in [4.78, 5) is 10.5. The molecule has 0 amide bonds. The molecule has 0 aromatic heterocycles. The zero-order valence-electron chi connectivity index (χ0n) is 16.9. The smallest absolute Gasteiger partial charge is 0.416 e. The molecule has 3 atom stereocenters. The first-order chi connectivity index (χ1) is 14.3. The van der Waals surface area contributed by atoms with Crippen molar-refractivity contribution in [1.82, 2.24) is 0 Å². The van der Waals surface area contributed by atoms with E-state index in [1.165, 1.54) is 12.1 Å². The molecule has 4 nitrogen and oxygen atoms in total. The molecule has 1 aliphatic rings. The zero-order chi connectivity index (χ0) is 22.0. The standard InChI is InChI=1S/C23H29F3O4/c24-23(25,26)19-10-6-11-21(15-19)30-16-20(27)14-13-18-9-5-8-17(18)7-3-1-2-4-12-22(28)29/h1,3,6,10-11,13-15,17-18,20,27H,2,4-5,7-9,12,16H2,(H,28,29)/b3-1-,14-13+/t17-,18+,20-/m0/s1. The number of halogens is 3. The lowest BCUT2D eigenvalue weighted by Gasteiger charge is -2.15. The first-order valence-electron chi connectivity index (χ1n) is 10.3. The number of aliphatic hydroxyl groups is 1. The van der Waals surface area contributed by atoms with Gasteiger partial charge in [-0.3, -0.25) is 4.79 Å². The van der Waals surface area contributed by atoms with E-state index in [1.807, 2.05) is 12.2 Å². The molecule has 2 N–H and O–H groups in total. The van der Waals surface area contributed by atoms with Crippen LogP contribution in [-0.4, -0.2) is 28.9 Å². The number of allylic oxidation sites excluding steroid dienone is 3. The summed E-state index contributed by atoms with van der Waals surface area (Å²) in [6.07, 6.45) is 8.19. The summed E-state index contributed by atoms with van der Waals surface area (Å²) in [6, 6.07) is 4.61. The fourth-order valence-corrected chi connectivity index (χ4v) is 3.64. The van der Waals surface area contributed by atoms with Crippen molar-refractivity contribution in [2.24, 2.45) is 11.8 Å². The fourth-order valence-electron chi connectivity index (χ4n) is 3.64. The normalized spacial score (nSPS) is 20.8. The molecular formula is C23H29F3O4. The van der Waals surface area contributed by atoms with Gasteiger partial charge < -0.3 is 14.9 Å². The topological polar surface area (TPSA) is 66.8 Å². The van der Waals surface area contributed by atoms with Crippen molar-refractivity contribution < 1.29 is 32.9 Å². The van der Waals surface area contributed by atoms with E-state index >= 15 is 0 Å². The van der Waals surface area contributed by atoms with Gasteiger partial charge in [-0.05, 0) is 62.1 Å². The lowest BCUT2D eigenvalue weighted by atomic mass is 9.92.